The molecule has 154 valence electrons. The van der Waals surface area contributed by atoms with E-state index in [1.165, 1.54) is 0 Å². The number of β-amino-alcohol motifs (C(OH)–C–C–N with tert-alkyl or cyclic N) is 1. The molecular weight excluding hydrogens is 384 g/mol. The molecule has 0 aromatic heterocycles. The molecular formula is C20H27ClN2O5. The molecule has 1 saturated heterocycles. The van der Waals surface area contributed by atoms with E-state index in [0.29, 0.717) is 54.8 Å². The smallest absolute Gasteiger partial charge is 0.255 e. The highest BCUT2D eigenvalue weighted by Gasteiger charge is 2.29. The fourth-order valence-corrected chi connectivity index (χ4v) is 3.85. The largest absolute Gasteiger partial charge is 0.486 e. The molecule has 2 aliphatic rings. The van der Waals surface area contributed by atoms with Gasteiger partial charge in [-0.1, -0.05) is 11.6 Å². The number of amides is 1. The number of halogens is 1. The van der Waals surface area contributed by atoms with Gasteiger partial charge in [-0.15, -0.1) is 0 Å². The second-order valence-corrected chi connectivity index (χ2v) is 7.85. The summed E-state index contributed by atoms with van der Waals surface area (Å²) in [6.07, 6.45) is 1.65. The van der Waals surface area contributed by atoms with Crippen molar-refractivity contribution in [1.82, 2.24) is 10.2 Å². The number of piperidine rings is 1. The quantitative estimate of drug-likeness (QED) is 0.713. The van der Waals surface area contributed by atoms with E-state index in [1.807, 2.05) is 0 Å². The molecule has 2 heterocycles. The maximum Gasteiger partial charge on any atom is 0.255 e. The van der Waals surface area contributed by atoms with Crippen molar-refractivity contribution < 1.29 is 24.2 Å². The zero-order chi connectivity index (χ0) is 20.1. The van der Waals surface area contributed by atoms with Crippen molar-refractivity contribution in [2.75, 3.05) is 39.4 Å². The van der Waals surface area contributed by atoms with Crippen LogP contribution in [0.15, 0.2) is 12.1 Å². The van der Waals surface area contributed by atoms with Gasteiger partial charge in [0.05, 0.1) is 11.7 Å². The number of ketones is 1. The summed E-state index contributed by atoms with van der Waals surface area (Å²) in [6, 6.07) is 3.21. The van der Waals surface area contributed by atoms with Crippen molar-refractivity contribution in [2.24, 2.45) is 5.92 Å². The summed E-state index contributed by atoms with van der Waals surface area (Å²) in [5, 5.41) is 13.7. The summed E-state index contributed by atoms with van der Waals surface area (Å²) in [7, 11) is 0. The van der Waals surface area contributed by atoms with Crippen LogP contribution in [-0.4, -0.2) is 67.2 Å². The zero-order valence-corrected chi connectivity index (χ0v) is 16.8. The summed E-state index contributed by atoms with van der Waals surface area (Å²) >= 11 is 6.09. The molecule has 0 aliphatic carbocycles. The summed E-state index contributed by atoms with van der Waals surface area (Å²) in [6.45, 7) is 4.99. The number of hydrogen-bond acceptors (Lipinski definition) is 6. The summed E-state index contributed by atoms with van der Waals surface area (Å²) in [5.74, 6) is 0.771. The first kappa shape index (κ1) is 20.9. The van der Waals surface area contributed by atoms with Crippen molar-refractivity contribution in [2.45, 2.75) is 32.3 Å². The second kappa shape index (κ2) is 9.58. The van der Waals surface area contributed by atoms with Crippen LogP contribution < -0.4 is 14.8 Å². The van der Waals surface area contributed by atoms with E-state index in [2.05, 4.69) is 10.2 Å². The SMILES string of the molecule is CC(=O)CCCN1CCC(CNC(=O)c2cc(Cl)cc3c2OCCO3)C(O)C1. The fourth-order valence-electron chi connectivity index (χ4n) is 3.65. The van der Waals surface area contributed by atoms with E-state index in [0.717, 1.165) is 25.9 Å². The number of fused-ring (bicyclic) bond motifs is 1. The van der Waals surface area contributed by atoms with Gasteiger partial charge in [-0.2, -0.15) is 0 Å². The van der Waals surface area contributed by atoms with Crippen molar-refractivity contribution in [3.8, 4) is 11.5 Å². The highest BCUT2D eigenvalue weighted by Crippen LogP contribution is 2.36. The van der Waals surface area contributed by atoms with Gasteiger partial charge in [-0.25, -0.2) is 0 Å². The lowest BCUT2D eigenvalue weighted by molar-refractivity contribution is -0.117. The molecule has 2 atom stereocenters. The third-order valence-corrected chi connectivity index (χ3v) is 5.40. The van der Waals surface area contributed by atoms with Crippen LogP contribution in [0.5, 0.6) is 11.5 Å². The lowest BCUT2D eigenvalue weighted by Crippen LogP contribution is -2.47. The third-order valence-electron chi connectivity index (χ3n) is 5.19. The molecule has 2 aliphatic heterocycles. The summed E-state index contributed by atoms with van der Waals surface area (Å²) in [4.78, 5) is 25.9. The van der Waals surface area contributed by atoms with Crippen molar-refractivity contribution in [3.05, 3.63) is 22.7 Å². The van der Waals surface area contributed by atoms with Gasteiger partial charge in [-0.3, -0.25) is 4.79 Å². The number of carbonyl (C=O) groups is 2. The minimum atomic E-state index is -0.515. The highest BCUT2D eigenvalue weighted by molar-refractivity contribution is 6.31. The Balaban J connectivity index is 1.52. The Hall–Kier alpha value is -1.83. The van der Waals surface area contributed by atoms with E-state index >= 15 is 0 Å². The molecule has 2 N–H and O–H groups in total. The first-order chi connectivity index (χ1) is 13.4. The first-order valence-corrected chi connectivity index (χ1v) is 10.1. The van der Waals surface area contributed by atoms with Crippen molar-refractivity contribution in [3.63, 3.8) is 0 Å². The molecule has 0 bridgehead atoms. The van der Waals surface area contributed by atoms with E-state index in [-0.39, 0.29) is 17.6 Å². The summed E-state index contributed by atoms with van der Waals surface area (Å²) in [5.41, 5.74) is 0.346. The topological polar surface area (TPSA) is 88.1 Å². The lowest BCUT2D eigenvalue weighted by Gasteiger charge is -2.36. The Morgan fingerprint density at radius 1 is 1.32 bits per heavy atom. The predicted octanol–water partition coefficient (Wildman–Crippen LogP) is 1.89. The van der Waals surface area contributed by atoms with Crippen LogP contribution in [0.1, 0.15) is 36.5 Å². The molecule has 1 amide bonds. The summed E-state index contributed by atoms with van der Waals surface area (Å²) < 4.78 is 11.1. The lowest BCUT2D eigenvalue weighted by atomic mass is 9.93. The van der Waals surface area contributed by atoms with E-state index in [9.17, 15) is 14.7 Å². The average molecular weight is 411 g/mol. The highest BCUT2D eigenvalue weighted by atomic mass is 35.5. The molecule has 2 unspecified atom stereocenters. The van der Waals surface area contributed by atoms with Gasteiger partial charge >= 0.3 is 0 Å². The molecule has 0 saturated carbocycles. The first-order valence-electron chi connectivity index (χ1n) is 9.71. The second-order valence-electron chi connectivity index (χ2n) is 7.41. The number of likely N-dealkylation sites (tertiary alicyclic amines) is 1. The van der Waals surface area contributed by atoms with E-state index < -0.39 is 6.10 Å². The number of nitrogens with one attached hydrogen (secondary N) is 1. The maximum atomic E-state index is 12.7. The minimum Gasteiger partial charge on any atom is -0.486 e. The number of hydrogen-bond donors (Lipinski definition) is 2. The maximum absolute atomic E-state index is 12.7. The Morgan fingerprint density at radius 3 is 2.86 bits per heavy atom. The monoisotopic (exact) mass is 410 g/mol. The van der Waals surface area contributed by atoms with Gasteiger partial charge in [0.2, 0.25) is 0 Å². The number of aliphatic hydroxyl groups is 1. The molecule has 8 heteroatoms. The van der Waals surface area contributed by atoms with Crippen molar-refractivity contribution >= 4 is 23.3 Å². The molecule has 1 aromatic carbocycles. The Morgan fingerprint density at radius 2 is 2.11 bits per heavy atom. The van der Waals surface area contributed by atoms with Gasteiger partial charge in [0, 0.05) is 36.5 Å². The Labute approximate surface area is 169 Å². The minimum absolute atomic E-state index is 0.0137. The third kappa shape index (κ3) is 5.37. The van der Waals surface area contributed by atoms with Gasteiger partial charge in [0.1, 0.15) is 19.0 Å². The molecule has 1 fully saturated rings. The van der Waals surface area contributed by atoms with E-state index in [1.54, 1.807) is 19.1 Å². The van der Waals surface area contributed by atoms with Gasteiger partial charge in [-0.05, 0) is 38.9 Å². The zero-order valence-electron chi connectivity index (χ0n) is 16.1. The number of rotatable bonds is 7. The number of Topliss-reactive ketones (excluding diaryl/α,β-unsaturated/α-hetero) is 1. The van der Waals surface area contributed by atoms with Crippen LogP contribution in [0, 0.1) is 5.92 Å². The molecule has 28 heavy (non-hydrogen) atoms. The fraction of sp³-hybridized carbons (Fsp3) is 0.600. The van der Waals surface area contributed by atoms with Gasteiger partial charge < -0.3 is 29.6 Å². The number of benzene rings is 1. The van der Waals surface area contributed by atoms with Crippen LogP contribution >= 0.6 is 11.6 Å². The number of ether oxygens (including phenoxy) is 2. The Bertz CT molecular complexity index is 727. The predicted molar refractivity (Wildman–Crippen MR) is 105 cm³/mol. The number of nitrogens with zero attached hydrogens (tertiary/aromatic N) is 1. The van der Waals surface area contributed by atoms with Gasteiger partial charge in [0.15, 0.2) is 11.5 Å². The van der Waals surface area contributed by atoms with Crippen LogP contribution in [0.2, 0.25) is 5.02 Å². The normalized spacial score (nSPS) is 22.0. The molecule has 3 rings (SSSR count). The molecule has 1 aromatic rings. The Kier molecular flexibility index (Phi) is 7.15. The van der Waals surface area contributed by atoms with Gasteiger partial charge in [0.25, 0.3) is 5.91 Å². The van der Waals surface area contributed by atoms with Crippen LogP contribution in [-0.2, 0) is 4.79 Å². The van der Waals surface area contributed by atoms with Crippen LogP contribution in [0.4, 0.5) is 0 Å². The van der Waals surface area contributed by atoms with E-state index in [4.69, 9.17) is 21.1 Å². The number of carbonyl (C=O) groups excluding carboxylic acids is 2. The molecule has 7 nitrogen and oxygen atoms in total. The van der Waals surface area contributed by atoms with Crippen LogP contribution in [0.25, 0.3) is 0 Å². The number of aliphatic hydroxyl groups excluding tert-OH is 1. The van der Waals surface area contributed by atoms with Crippen LogP contribution in [0.3, 0.4) is 0 Å². The molecule has 0 radical (unpaired) electrons. The standard InChI is InChI=1S/C20H27ClN2O5/c1-13(24)3-2-5-23-6-4-14(17(25)12-23)11-22-20(26)16-9-15(21)10-18-19(16)28-8-7-27-18/h9-10,14,17,25H,2-8,11-12H2,1H3,(H,22,26). The average Bonchev–Trinajstić information content (AvgIpc) is 2.66. The molecule has 0 spiro atoms. The van der Waals surface area contributed by atoms with Crippen molar-refractivity contribution in [1.29, 1.82) is 0 Å².